The molecule has 1 N–H and O–H groups in total. The number of aliphatic hydroxyl groups is 1. The van der Waals surface area contributed by atoms with Crippen LogP contribution in [0.1, 0.15) is 39.7 Å². The zero-order valence-electron chi connectivity index (χ0n) is 18.1. The van der Waals surface area contributed by atoms with Crippen LogP contribution in [-0.4, -0.2) is 65.4 Å². The van der Waals surface area contributed by atoms with E-state index in [9.17, 15) is 9.90 Å². The van der Waals surface area contributed by atoms with E-state index in [0.717, 1.165) is 23.8 Å². The Labute approximate surface area is 175 Å². The summed E-state index contributed by atoms with van der Waals surface area (Å²) in [6.07, 6.45) is 1.63. The molecular weight excluding hydrogens is 392 g/mol. The van der Waals surface area contributed by atoms with Crippen molar-refractivity contribution in [3.63, 3.8) is 0 Å². The van der Waals surface area contributed by atoms with Gasteiger partial charge in [0, 0.05) is 38.9 Å². The standard InChI is InChI=1S/C21H36O7Si/c1-5-26-29(27-6-2,28-7-3)16-8-13-24-14-15-25-20-11-9-19(10-12-20)17-21(4,23)18-22/h9-12,18,23H,5-8,13-17H2,1-4H3. The highest BCUT2D eigenvalue weighted by Crippen LogP contribution is 2.18. The van der Waals surface area contributed by atoms with Crippen LogP contribution >= 0.6 is 0 Å². The van der Waals surface area contributed by atoms with Gasteiger partial charge in [-0.25, -0.2) is 0 Å². The van der Waals surface area contributed by atoms with Gasteiger partial charge < -0.3 is 32.7 Å². The fraction of sp³-hybridized carbons (Fsp3) is 0.667. The Morgan fingerprint density at radius 1 is 0.966 bits per heavy atom. The Morgan fingerprint density at radius 2 is 1.55 bits per heavy atom. The van der Waals surface area contributed by atoms with Crippen molar-refractivity contribution in [3.8, 4) is 5.75 Å². The first-order valence-corrected chi connectivity index (χ1v) is 12.2. The molecule has 0 aliphatic heterocycles. The molecule has 0 spiro atoms. The highest BCUT2D eigenvalue weighted by molar-refractivity contribution is 6.60. The lowest BCUT2D eigenvalue weighted by Gasteiger charge is -2.28. The molecular formula is C21H36O7Si. The summed E-state index contributed by atoms with van der Waals surface area (Å²) < 4.78 is 28.8. The molecule has 1 unspecified atom stereocenters. The molecule has 0 saturated heterocycles. The van der Waals surface area contributed by atoms with Crippen LogP contribution in [0.2, 0.25) is 6.04 Å². The van der Waals surface area contributed by atoms with Gasteiger partial charge in [0.05, 0.1) is 6.61 Å². The molecule has 166 valence electrons. The van der Waals surface area contributed by atoms with Crippen molar-refractivity contribution in [2.24, 2.45) is 0 Å². The minimum atomic E-state index is -2.59. The quantitative estimate of drug-likeness (QED) is 0.232. The summed E-state index contributed by atoms with van der Waals surface area (Å²) in [4.78, 5) is 10.8. The Morgan fingerprint density at radius 3 is 2.07 bits per heavy atom. The Balaban J connectivity index is 2.27. The van der Waals surface area contributed by atoms with Crippen LogP contribution in [0, 0.1) is 0 Å². The van der Waals surface area contributed by atoms with Crippen LogP contribution in [0.5, 0.6) is 5.75 Å². The van der Waals surface area contributed by atoms with Crippen LogP contribution < -0.4 is 4.74 Å². The van der Waals surface area contributed by atoms with E-state index in [4.69, 9.17) is 22.8 Å². The normalized spacial score (nSPS) is 13.8. The molecule has 7 nitrogen and oxygen atoms in total. The van der Waals surface area contributed by atoms with Crippen molar-refractivity contribution in [1.82, 2.24) is 0 Å². The largest absolute Gasteiger partial charge is 0.501 e. The molecule has 0 heterocycles. The van der Waals surface area contributed by atoms with E-state index in [1.165, 1.54) is 6.92 Å². The lowest BCUT2D eigenvalue weighted by molar-refractivity contribution is -0.122. The molecule has 0 aromatic heterocycles. The maximum absolute atomic E-state index is 10.8. The van der Waals surface area contributed by atoms with Gasteiger partial charge >= 0.3 is 8.80 Å². The second-order valence-corrected chi connectivity index (χ2v) is 9.57. The molecule has 1 rings (SSSR count). The molecule has 0 bridgehead atoms. The average molecular weight is 429 g/mol. The number of benzene rings is 1. The molecule has 0 saturated carbocycles. The topological polar surface area (TPSA) is 83.5 Å². The molecule has 1 atom stereocenters. The second kappa shape index (κ2) is 13.8. The SMILES string of the molecule is CCO[Si](CCCOCCOc1ccc(CC(C)(O)C=O)cc1)(OCC)OCC. The number of ether oxygens (including phenoxy) is 2. The van der Waals surface area contributed by atoms with Crippen LogP contribution in [0.3, 0.4) is 0 Å². The van der Waals surface area contributed by atoms with Gasteiger partial charge in [-0.2, -0.15) is 0 Å². The lowest BCUT2D eigenvalue weighted by atomic mass is 9.98. The van der Waals surface area contributed by atoms with Crippen molar-refractivity contribution < 1.29 is 32.7 Å². The van der Waals surface area contributed by atoms with Crippen molar-refractivity contribution in [3.05, 3.63) is 29.8 Å². The highest BCUT2D eigenvalue weighted by Gasteiger charge is 2.39. The molecule has 0 amide bonds. The summed E-state index contributed by atoms with van der Waals surface area (Å²) in [5, 5.41) is 9.79. The minimum absolute atomic E-state index is 0.274. The molecule has 0 radical (unpaired) electrons. The van der Waals surface area contributed by atoms with Crippen LogP contribution in [0.4, 0.5) is 0 Å². The van der Waals surface area contributed by atoms with Crippen molar-refractivity contribution >= 4 is 15.1 Å². The summed E-state index contributed by atoms with van der Waals surface area (Å²) in [7, 11) is -2.59. The van der Waals surface area contributed by atoms with Crippen LogP contribution in [0.15, 0.2) is 24.3 Å². The van der Waals surface area contributed by atoms with Crippen LogP contribution in [0.25, 0.3) is 0 Å². The smallest absolute Gasteiger partial charge is 0.491 e. The van der Waals surface area contributed by atoms with E-state index in [1.807, 2.05) is 45.0 Å². The van der Waals surface area contributed by atoms with E-state index in [2.05, 4.69) is 0 Å². The molecule has 0 fully saturated rings. The fourth-order valence-corrected chi connectivity index (χ4v) is 5.45. The molecule has 29 heavy (non-hydrogen) atoms. The zero-order valence-corrected chi connectivity index (χ0v) is 19.1. The predicted molar refractivity (Wildman–Crippen MR) is 113 cm³/mol. The van der Waals surface area contributed by atoms with E-state index in [1.54, 1.807) is 0 Å². The summed E-state index contributed by atoms with van der Waals surface area (Å²) >= 11 is 0. The summed E-state index contributed by atoms with van der Waals surface area (Å²) in [5.41, 5.74) is -0.473. The Hall–Kier alpha value is -1.29. The third-order valence-electron chi connectivity index (χ3n) is 4.10. The summed E-state index contributed by atoms with van der Waals surface area (Å²) in [6, 6.07) is 8.06. The molecule has 1 aromatic carbocycles. The van der Waals surface area contributed by atoms with Gasteiger partial charge in [0.1, 0.15) is 18.0 Å². The predicted octanol–water partition coefficient (Wildman–Crippen LogP) is 3.01. The monoisotopic (exact) mass is 428 g/mol. The second-order valence-electron chi connectivity index (χ2n) is 6.84. The van der Waals surface area contributed by atoms with Gasteiger partial charge in [-0.3, -0.25) is 0 Å². The Kier molecular flexibility index (Phi) is 12.3. The fourth-order valence-electron chi connectivity index (χ4n) is 2.87. The van der Waals surface area contributed by atoms with E-state index < -0.39 is 14.4 Å². The number of hydrogen-bond donors (Lipinski definition) is 1. The highest BCUT2D eigenvalue weighted by atomic mass is 28.4. The van der Waals surface area contributed by atoms with Crippen molar-refractivity contribution in [2.45, 2.75) is 52.2 Å². The number of hydrogen-bond acceptors (Lipinski definition) is 7. The molecule has 8 heteroatoms. The van der Waals surface area contributed by atoms with Gasteiger partial charge in [-0.15, -0.1) is 0 Å². The summed E-state index contributed by atoms with van der Waals surface area (Å²) in [6.45, 7) is 10.6. The van der Waals surface area contributed by atoms with E-state index in [-0.39, 0.29) is 6.42 Å². The van der Waals surface area contributed by atoms with E-state index >= 15 is 0 Å². The molecule has 0 aliphatic carbocycles. The number of aldehydes is 1. The van der Waals surface area contributed by atoms with Gasteiger partial charge in [0.25, 0.3) is 0 Å². The van der Waals surface area contributed by atoms with Gasteiger partial charge in [-0.05, 0) is 51.8 Å². The minimum Gasteiger partial charge on any atom is -0.491 e. The van der Waals surface area contributed by atoms with Gasteiger partial charge in [-0.1, -0.05) is 12.1 Å². The zero-order chi connectivity index (χ0) is 21.6. The molecule has 1 aromatic rings. The lowest BCUT2D eigenvalue weighted by Crippen LogP contribution is -2.46. The number of rotatable bonds is 17. The summed E-state index contributed by atoms with van der Waals surface area (Å²) in [5.74, 6) is 0.721. The third-order valence-corrected chi connectivity index (χ3v) is 7.25. The number of carbonyl (C=O) groups excluding carboxylic acids is 1. The Bertz CT molecular complexity index is 546. The number of carbonyl (C=O) groups is 1. The first-order chi connectivity index (χ1) is 13.9. The maximum Gasteiger partial charge on any atom is 0.501 e. The first kappa shape index (κ1) is 25.7. The van der Waals surface area contributed by atoms with Crippen LogP contribution in [-0.2, 0) is 29.2 Å². The van der Waals surface area contributed by atoms with E-state index in [0.29, 0.717) is 45.9 Å². The third kappa shape index (κ3) is 10.3. The maximum atomic E-state index is 10.8. The molecule has 0 aliphatic rings. The van der Waals surface area contributed by atoms with Crippen molar-refractivity contribution in [2.75, 3.05) is 39.6 Å². The average Bonchev–Trinajstić information content (AvgIpc) is 2.69. The van der Waals surface area contributed by atoms with Gasteiger partial charge in [0.2, 0.25) is 0 Å². The van der Waals surface area contributed by atoms with Gasteiger partial charge in [0.15, 0.2) is 6.29 Å². The first-order valence-electron chi connectivity index (χ1n) is 10.3. The van der Waals surface area contributed by atoms with Crippen molar-refractivity contribution in [1.29, 1.82) is 0 Å².